The van der Waals surface area contributed by atoms with E-state index in [9.17, 15) is 9.59 Å². The molecule has 2 amide bonds. The van der Waals surface area contributed by atoms with Gasteiger partial charge in [-0.1, -0.05) is 43.0 Å². The van der Waals surface area contributed by atoms with Gasteiger partial charge in [0.25, 0.3) is 5.91 Å². The van der Waals surface area contributed by atoms with Crippen molar-refractivity contribution >= 4 is 33.5 Å². The molecule has 0 saturated heterocycles. The lowest BCUT2D eigenvalue weighted by atomic mass is 9.95. The molecule has 6 heteroatoms. The van der Waals surface area contributed by atoms with Gasteiger partial charge in [0, 0.05) is 28.6 Å². The molecule has 0 bridgehead atoms. The Kier molecular flexibility index (Phi) is 3.74. The van der Waals surface area contributed by atoms with E-state index in [1.54, 1.807) is 11.1 Å². The molecule has 29 heavy (non-hydrogen) atoms. The molecule has 4 aromatic rings. The van der Waals surface area contributed by atoms with Gasteiger partial charge in [-0.25, -0.2) is 0 Å². The highest BCUT2D eigenvalue weighted by Gasteiger charge is 2.29. The van der Waals surface area contributed by atoms with Crippen LogP contribution in [0.15, 0.2) is 66.9 Å². The van der Waals surface area contributed by atoms with Gasteiger partial charge in [0.05, 0.1) is 18.3 Å². The standard InChI is InChI=1S/C23H18N4O2/c1-13(22(24)28)11-27-12-20-18(23(27)29)8-7-14-5-6-15(9-19(14)20)17-4-2-3-16-10-25-26-21(16)17/h2-10H,1,11-12H2,(H2,24,28)(H,25,26). The number of hydrogen-bond donors (Lipinski definition) is 2. The molecule has 0 aliphatic carbocycles. The molecule has 0 radical (unpaired) electrons. The number of carbonyl (C=O) groups excluding carboxylic acids is 2. The first kappa shape index (κ1) is 17.2. The van der Waals surface area contributed by atoms with Crippen molar-refractivity contribution in [3.05, 3.63) is 78.0 Å². The average molecular weight is 382 g/mol. The zero-order valence-electron chi connectivity index (χ0n) is 15.6. The third-order valence-electron chi connectivity index (χ3n) is 5.52. The van der Waals surface area contributed by atoms with Crippen molar-refractivity contribution in [2.45, 2.75) is 6.54 Å². The quantitative estimate of drug-likeness (QED) is 0.530. The Hall–Kier alpha value is -3.93. The van der Waals surface area contributed by atoms with E-state index in [4.69, 9.17) is 5.73 Å². The first-order chi connectivity index (χ1) is 14.0. The Labute approximate surface area is 166 Å². The maximum absolute atomic E-state index is 12.8. The highest BCUT2D eigenvalue weighted by Crippen LogP contribution is 2.35. The molecule has 0 saturated carbocycles. The maximum atomic E-state index is 12.8. The fourth-order valence-corrected chi connectivity index (χ4v) is 4.00. The van der Waals surface area contributed by atoms with Crippen LogP contribution in [0.2, 0.25) is 0 Å². The number of benzene rings is 3. The number of H-pyrrole nitrogens is 1. The highest BCUT2D eigenvalue weighted by molar-refractivity contribution is 6.06. The van der Waals surface area contributed by atoms with Crippen LogP contribution in [0.4, 0.5) is 0 Å². The first-order valence-corrected chi connectivity index (χ1v) is 9.28. The number of primary amides is 1. The van der Waals surface area contributed by atoms with Gasteiger partial charge in [0.2, 0.25) is 5.91 Å². The van der Waals surface area contributed by atoms with Gasteiger partial charge in [0.15, 0.2) is 0 Å². The number of carbonyl (C=O) groups is 2. The summed E-state index contributed by atoms with van der Waals surface area (Å²) in [6.07, 6.45) is 1.81. The molecule has 6 nitrogen and oxygen atoms in total. The van der Waals surface area contributed by atoms with E-state index in [0.29, 0.717) is 12.1 Å². The van der Waals surface area contributed by atoms with Crippen LogP contribution >= 0.6 is 0 Å². The lowest BCUT2D eigenvalue weighted by Crippen LogP contribution is -2.30. The minimum Gasteiger partial charge on any atom is -0.366 e. The summed E-state index contributed by atoms with van der Waals surface area (Å²) >= 11 is 0. The Morgan fingerprint density at radius 3 is 2.79 bits per heavy atom. The Morgan fingerprint density at radius 2 is 1.97 bits per heavy atom. The third-order valence-corrected chi connectivity index (χ3v) is 5.52. The smallest absolute Gasteiger partial charge is 0.254 e. The zero-order chi connectivity index (χ0) is 20.1. The second kappa shape index (κ2) is 6.31. The summed E-state index contributed by atoms with van der Waals surface area (Å²) in [4.78, 5) is 25.8. The average Bonchev–Trinajstić information content (AvgIpc) is 3.32. The number of amides is 2. The number of rotatable bonds is 4. The van der Waals surface area contributed by atoms with Crippen LogP contribution in [0.25, 0.3) is 32.8 Å². The van der Waals surface area contributed by atoms with E-state index in [-0.39, 0.29) is 18.0 Å². The van der Waals surface area contributed by atoms with Crippen LogP contribution in [-0.4, -0.2) is 33.5 Å². The number of para-hydroxylation sites is 1. The summed E-state index contributed by atoms with van der Waals surface area (Å²) < 4.78 is 0. The third kappa shape index (κ3) is 2.69. The van der Waals surface area contributed by atoms with E-state index < -0.39 is 5.91 Å². The van der Waals surface area contributed by atoms with Crippen LogP contribution < -0.4 is 5.73 Å². The molecule has 1 aromatic heterocycles. The summed E-state index contributed by atoms with van der Waals surface area (Å²) in [7, 11) is 0. The number of hydrogen-bond acceptors (Lipinski definition) is 3. The van der Waals surface area contributed by atoms with Gasteiger partial charge in [-0.15, -0.1) is 0 Å². The van der Waals surface area contributed by atoms with Crippen molar-refractivity contribution in [2.75, 3.05) is 6.54 Å². The number of aromatic amines is 1. The van der Waals surface area contributed by atoms with Gasteiger partial charge in [-0.05, 0) is 34.0 Å². The van der Waals surface area contributed by atoms with Crippen LogP contribution in [0.5, 0.6) is 0 Å². The molecule has 1 aliphatic rings. The minimum absolute atomic E-state index is 0.106. The lowest BCUT2D eigenvalue weighted by molar-refractivity contribution is -0.114. The first-order valence-electron chi connectivity index (χ1n) is 9.28. The molecule has 3 aromatic carbocycles. The van der Waals surface area contributed by atoms with E-state index in [0.717, 1.165) is 38.4 Å². The van der Waals surface area contributed by atoms with Crippen LogP contribution in [0.3, 0.4) is 0 Å². The monoisotopic (exact) mass is 382 g/mol. The van der Waals surface area contributed by atoms with Gasteiger partial charge in [-0.2, -0.15) is 5.10 Å². The van der Waals surface area contributed by atoms with Crippen LogP contribution in [0.1, 0.15) is 15.9 Å². The van der Waals surface area contributed by atoms with Gasteiger partial charge < -0.3 is 10.6 Å². The predicted molar refractivity (Wildman–Crippen MR) is 112 cm³/mol. The molecule has 5 rings (SSSR count). The normalized spacial score (nSPS) is 13.2. The largest absolute Gasteiger partial charge is 0.366 e. The van der Waals surface area contributed by atoms with Crippen molar-refractivity contribution in [2.24, 2.45) is 5.73 Å². The molecule has 3 N–H and O–H groups in total. The van der Waals surface area contributed by atoms with Gasteiger partial charge in [0.1, 0.15) is 0 Å². The van der Waals surface area contributed by atoms with Crippen molar-refractivity contribution in [3.63, 3.8) is 0 Å². The van der Waals surface area contributed by atoms with E-state index in [1.165, 1.54) is 0 Å². The van der Waals surface area contributed by atoms with Gasteiger partial charge in [-0.3, -0.25) is 14.7 Å². The zero-order valence-corrected chi connectivity index (χ0v) is 15.6. The molecule has 1 aliphatic heterocycles. The molecule has 0 unspecified atom stereocenters. The molecule has 0 spiro atoms. The SMILES string of the molecule is C=C(CN1Cc2c(ccc3ccc(-c4cccc5cn[nH]c45)cc23)C1=O)C(N)=O. The summed E-state index contributed by atoms with van der Waals surface area (Å²) in [5.74, 6) is -0.695. The molecule has 142 valence electrons. The molecule has 0 fully saturated rings. The summed E-state index contributed by atoms with van der Waals surface area (Å²) in [6, 6.07) is 16.1. The number of fused-ring (bicyclic) bond motifs is 4. The Balaban J connectivity index is 1.62. The maximum Gasteiger partial charge on any atom is 0.254 e. The summed E-state index contributed by atoms with van der Waals surface area (Å²) in [6.45, 7) is 4.24. The Morgan fingerprint density at radius 1 is 1.14 bits per heavy atom. The van der Waals surface area contributed by atoms with Crippen molar-refractivity contribution < 1.29 is 9.59 Å². The highest BCUT2D eigenvalue weighted by atomic mass is 16.2. The topological polar surface area (TPSA) is 92.1 Å². The minimum atomic E-state index is -0.589. The molecular formula is C23H18N4O2. The fraction of sp³-hybridized carbons (Fsp3) is 0.0870. The molecule has 0 atom stereocenters. The van der Waals surface area contributed by atoms with Crippen LogP contribution in [-0.2, 0) is 11.3 Å². The second-order valence-corrected chi connectivity index (χ2v) is 7.30. The van der Waals surface area contributed by atoms with Crippen molar-refractivity contribution in [1.82, 2.24) is 15.1 Å². The van der Waals surface area contributed by atoms with E-state index >= 15 is 0 Å². The van der Waals surface area contributed by atoms with Crippen molar-refractivity contribution in [3.8, 4) is 11.1 Å². The summed E-state index contributed by atoms with van der Waals surface area (Å²) in [5.41, 5.74) is 10.2. The molecular weight excluding hydrogens is 364 g/mol. The van der Waals surface area contributed by atoms with E-state index in [1.807, 2.05) is 24.3 Å². The van der Waals surface area contributed by atoms with Crippen LogP contribution in [0, 0.1) is 0 Å². The van der Waals surface area contributed by atoms with Gasteiger partial charge >= 0.3 is 0 Å². The summed E-state index contributed by atoms with van der Waals surface area (Å²) in [5, 5.41) is 10.4. The predicted octanol–water partition coefficient (Wildman–Crippen LogP) is 3.38. The molecule has 2 heterocycles. The number of aromatic nitrogens is 2. The number of nitrogens with two attached hydrogens (primary N) is 1. The second-order valence-electron chi connectivity index (χ2n) is 7.30. The number of nitrogens with one attached hydrogen (secondary N) is 1. The van der Waals surface area contributed by atoms with Crippen molar-refractivity contribution in [1.29, 1.82) is 0 Å². The Bertz CT molecular complexity index is 1340. The van der Waals surface area contributed by atoms with E-state index in [2.05, 4.69) is 41.0 Å². The number of nitrogens with zero attached hydrogens (tertiary/aromatic N) is 2. The fourth-order valence-electron chi connectivity index (χ4n) is 4.00. The lowest BCUT2D eigenvalue weighted by Gasteiger charge is -2.15.